The van der Waals surface area contributed by atoms with Gasteiger partial charge in [-0.2, -0.15) is 0 Å². The van der Waals surface area contributed by atoms with Crippen molar-refractivity contribution in [1.82, 2.24) is 10.0 Å². The van der Waals surface area contributed by atoms with Gasteiger partial charge in [-0.3, -0.25) is 0 Å². The molecule has 112 valence electrons. The van der Waals surface area contributed by atoms with Gasteiger partial charge in [-0.05, 0) is 41.4 Å². The summed E-state index contributed by atoms with van der Waals surface area (Å²) < 4.78 is 53.6. The van der Waals surface area contributed by atoms with Crippen LogP contribution in [0.15, 0.2) is 21.5 Å². The minimum Gasteiger partial charge on any atom is -0.315 e. The first kappa shape index (κ1) is 15.8. The normalized spacial score (nSPS) is 20.6. The predicted molar refractivity (Wildman–Crippen MR) is 74.9 cm³/mol. The molecule has 0 amide bonds. The van der Waals surface area contributed by atoms with Crippen LogP contribution in [0, 0.1) is 11.6 Å². The Labute approximate surface area is 125 Å². The fourth-order valence-corrected chi connectivity index (χ4v) is 4.62. The molecular weight excluding hydrogens is 354 g/mol. The molecule has 2 N–H and O–H groups in total. The fraction of sp³-hybridized carbons (Fsp3) is 0.500. The minimum absolute atomic E-state index is 0.121. The van der Waals surface area contributed by atoms with Gasteiger partial charge in [-0.15, -0.1) is 0 Å². The number of halogens is 3. The Morgan fingerprint density at radius 3 is 2.75 bits per heavy atom. The molecule has 0 bridgehead atoms. The highest BCUT2D eigenvalue weighted by Gasteiger charge is 2.26. The summed E-state index contributed by atoms with van der Waals surface area (Å²) in [5.74, 6) is -1.93. The molecule has 1 atom stereocenters. The Morgan fingerprint density at radius 1 is 1.30 bits per heavy atom. The van der Waals surface area contributed by atoms with E-state index in [2.05, 4.69) is 26.0 Å². The van der Waals surface area contributed by atoms with Crippen LogP contribution in [0.2, 0.25) is 0 Å². The second kappa shape index (κ2) is 6.46. The highest BCUT2D eigenvalue weighted by molar-refractivity contribution is 9.10. The average Bonchev–Trinajstić information content (AvgIpc) is 2.54. The van der Waals surface area contributed by atoms with E-state index in [9.17, 15) is 17.2 Å². The molecule has 20 heavy (non-hydrogen) atoms. The molecule has 2 rings (SSSR count). The van der Waals surface area contributed by atoms with Crippen LogP contribution in [-0.4, -0.2) is 27.5 Å². The first-order valence-corrected chi connectivity index (χ1v) is 8.55. The maximum Gasteiger partial charge on any atom is 0.244 e. The molecular formula is C12H15BrF2N2O2S. The number of rotatable bonds is 3. The van der Waals surface area contributed by atoms with Gasteiger partial charge < -0.3 is 5.32 Å². The topological polar surface area (TPSA) is 58.2 Å². The molecule has 4 nitrogen and oxygen atoms in total. The number of sulfonamides is 1. The number of hydrogen-bond acceptors (Lipinski definition) is 3. The molecule has 8 heteroatoms. The summed E-state index contributed by atoms with van der Waals surface area (Å²) in [5, 5.41) is 3.12. The van der Waals surface area contributed by atoms with Crippen LogP contribution in [0.3, 0.4) is 0 Å². The van der Waals surface area contributed by atoms with E-state index in [1.165, 1.54) is 0 Å². The van der Waals surface area contributed by atoms with Crippen molar-refractivity contribution in [3.05, 3.63) is 28.2 Å². The zero-order chi connectivity index (χ0) is 14.8. The third kappa shape index (κ3) is 3.75. The molecule has 1 aromatic rings. The van der Waals surface area contributed by atoms with Gasteiger partial charge in [0, 0.05) is 23.1 Å². The first-order chi connectivity index (χ1) is 9.40. The maximum absolute atomic E-state index is 13.7. The maximum atomic E-state index is 13.7. The van der Waals surface area contributed by atoms with E-state index in [0.29, 0.717) is 19.0 Å². The molecule has 1 fully saturated rings. The summed E-state index contributed by atoms with van der Waals surface area (Å²) in [5.41, 5.74) is 0. The Kier molecular flexibility index (Phi) is 5.11. The van der Waals surface area contributed by atoms with Crippen molar-refractivity contribution in [3.8, 4) is 0 Å². The van der Waals surface area contributed by atoms with E-state index in [4.69, 9.17) is 0 Å². The Hall–Kier alpha value is -0.570. The quantitative estimate of drug-likeness (QED) is 0.859. The molecule has 1 saturated heterocycles. The Balaban J connectivity index is 2.26. The summed E-state index contributed by atoms with van der Waals surface area (Å²) in [6.45, 7) is 1.34. The summed E-state index contributed by atoms with van der Waals surface area (Å²) >= 11 is 2.90. The summed E-state index contributed by atoms with van der Waals surface area (Å²) in [6.07, 6.45) is 2.56. The van der Waals surface area contributed by atoms with Crippen molar-refractivity contribution < 1.29 is 17.2 Å². The highest BCUT2D eigenvalue weighted by atomic mass is 79.9. The number of hydrogen-bond donors (Lipinski definition) is 2. The summed E-state index contributed by atoms with van der Waals surface area (Å²) in [4.78, 5) is -0.553. The highest BCUT2D eigenvalue weighted by Crippen LogP contribution is 2.26. The van der Waals surface area contributed by atoms with Crippen molar-refractivity contribution in [2.45, 2.75) is 30.2 Å². The van der Waals surface area contributed by atoms with Gasteiger partial charge in [0.15, 0.2) is 0 Å². The van der Waals surface area contributed by atoms with E-state index < -0.39 is 26.6 Å². The monoisotopic (exact) mass is 368 g/mol. The van der Waals surface area contributed by atoms with Crippen LogP contribution < -0.4 is 10.0 Å². The lowest BCUT2D eigenvalue weighted by Gasteiger charge is -2.17. The predicted octanol–water partition coefficient (Wildman–Crippen LogP) is 2.15. The molecule has 1 aliphatic rings. The number of benzene rings is 1. The zero-order valence-corrected chi connectivity index (χ0v) is 13.0. The van der Waals surface area contributed by atoms with Crippen LogP contribution in [0.5, 0.6) is 0 Å². The molecule has 0 aromatic heterocycles. The molecule has 0 aliphatic carbocycles. The van der Waals surface area contributed by atoms with Crippen molar-refractivity contribution >= 4 is 26.0 Å². The summed E-state index contributed by atoms with van der Waals surface area (Å²) in [6, 6.07) is 1.20. The smallest absolute Gasteiger partial charge is 0.244 e. The first-order valence-electron chi connectivity index (χ1n) is 6.28. The second-order valence-electron chi connectivity index (χ2n) is 4.72. The fourth-order valence-electron chi connectivity index (χ4n) is 2.18. The largest absolute Gasteiger partial charge is 0.315 e. The van der Waals surface area contributed by atoms with E-state index in [0.717, 1.165) is 25.5 Å². The Bertz CT molecular complexity index is 564. The van der Waals surface area contributed by atoms with Crippen molar-refractivity contribution in [1.29, 1.82) is 0 Å². The second-order valence-corrected chi connectivity index (χ2v) is 7.22. The molecule has 1 aromatic carbocycles. The van der Waals surface area contributed by atoms with Crippen molar-refractivity contribution in [3.63, 3.8) is 0 Å². The molecule has 0 radical (unpaired) electrons. The minimum atomic E-state index is -4.03. The van der Waals surface area contributed by atoms with Gasteiger partial charge in [0.2, 0.25) is 10.0 Å². The lowest BCUT2D eigenvalue weighted by Crippen LogP contribution is -2.41. The Morgan fingerprint density at radius 2 is 2.05 bits per heavy atom. The van der Waals surface area contributed by atoms with E-state index >= 15 is 0 Å². The molecule has 1 heterocycles. The van der Waals surface area contributed by atoms with Crippen molar-refractivity contribution in [2.24, 2.45) is 0 Å². The van der Waals surface area contributed by atoms with Crippen LogP contribution in [0.25, 0.3) is 0 Å². The summed E-state index contributed by atoms with van der Waals surface area (Å²) in [7, 11) is -4.03. The van der Waals surface area contributed by atoms with Gasteiger partial charge in [-0.1, -0.05) is 6.42 Å². The van der Waals surface area contributed by atoms with E-state index in [1.54, 1.807) is 0 Å². The van der Waals surface area contributed by atoms with Gasteiger partial charge in [0.05, 0.1) is 0 Å². The van der Waals surface area contributed by atoms with Gasteiger partial charge in [0.25, 0.3) is 0 Å². The third-order valence-electron chi connectivity index (χ3n) is 3.10. The van der Waals surface area contributed by atoms with Crippen LogP contribution >= 0.6 is 15.9 Å². The van der Waals surface area contributed by atoms with Gasteiger partial charge in [0.1, 0.15) is 16.5 Å². The van der Waals surface area contributed by atoms with Crippen molar-refractivity contribution in [2.75, 3.05) is 13.1 Å². The lowest BCUT2D eigenvalue weighted by atomic mass is 10.2. The SMILES string of the molecule is O=S(=O)(NC1CCCCNC1)c1c(F)cc(F)cc1Br. The van der Waals surface area contributed by atoms with Gasteiger partial charge in [-0.25, -0.2) is 21.9 Å². The number of nitrogens with one attached hydrogen (secondary N) is 2. The van der Waals surface area contributed by atoms with E-state index in [1.807, 2.05) is 0 Å². The van der Waals surface area contributed by atoms with Crippen LogP contribution in [0.1, 0.15) is 19.3 Å². The van der Waals surface area contributed by atoms with Crippen LogP contribution in [-0.2, 0) is 10.0 Å². The molecule has 1 unspecified atom stereocenters. The average molecular weight is 369 g/mol. The standard InChI is InChI=1S/C12H15BrF2N2O2S/c13-10-5-8(14)6-11(15)12(10)20(18,19)17-9-3-1-2-4-16-7-9/h5-6,9,16-17H,1-4,7H2. The molecule has 0 spiro atoms. The van der Waals surface area contributed by atoms with Crippen LogP contribution in [0.4, 0.5) is 8.78 Å². The zero-order valence-electron chi connectivity index (χ0n) is 10.6. The molecule has 1 aliphatic heterocycles. The third-order valence-corrected chi connectivity index (χ3v) is 5.58. The van der Waals surface area contributed by atoms with Gasteiger partial charge >= 0.3 is 0 Å². The van der Waals surface area contributed by atoms with E-state index in [-0.39, 0.29) is 10.5 Å². The molecule has 0 saturated carbocycles. The lowest BCUT2D eigenvalue weighted by molar-refractivity contribution is 0.509.